The SMILES string of the molecule is O=C(Cc1cccc2ccccc12)NNC(=O)[C@@H]1CCCN1C(=O)c1ccco1. The van der Waals surface area contributed by atoms with Crippen molar-refractivity contribution in [2.75, 3.05) is 6.54 Å². The van der Waals surface area contributed by atoms with Gasteiger partial charge in [-0.2, -0.15) is 0 Å². The molecular formula is C22H21N3O4. The molecular weight excluding hydrogens is 370 g/mol. The highest BCUT2D eigenvalue weighted by atomic mass is 16.3. The summed E-state index contributed by atoms with van der Waals surface area (Å²) in [6.07, 6.45) is 2.82. The van der Waals surface area contributed by atoms with Crippen LogP contribution in [0.2, 0.25) is 0 Å². The Morgan fingerprint density at radius 3 is 2.66 bits per heavy atom. The summed E-state index contributed by atoms with van der Waals surface area (Å²) in [7, 11) is 0. The molecule has 1 aromatic heterocycles. The van der Waals surface area contributed by atoms with Crippen LogP contribution in [-0.2, 0) is 16.0 Å². The van der Waals surface area contributed by atoms with Crippen LogP contribution in [0.1, 0.15) is 29.0 Å². The molecule has 0 bridgehead atoms. The Kier molecular flexibility index (Phi) is 5.29. The van der Waals surface area contributed by atoms with E-state index in [1.165, 1.54) is 11.2 Å². The molecule has 0 unspecified atom stereocenters. The first-order valence-corrected chi connectivity index (χ1v) is 9.53. The third-order valence-corrected chi connectivity index (χ3v) is 5.10. The molecule has 0 aliphatic carbocycles. The minimum Gasteiger partial charge on any atom is -0.459 e. The Labute approximate surface area is 167 Å². The second kappa shape index (κ2) is 8.18. The number of nitrogens with one attached hydrogen (secondary N) is 2. The number of hydrazine groups is 1. The summed E-state index contributed by atoms with van der Waals surface area (Å²) < 4.78 is 5.14. The Morgan fingerprint density at radius 2 is 1.83 bits per heavy atom. The van der Waals surface area contributed by atoms with Gasteiger partial charge in [-0.05, 0) is 41.3 Å². The topological polar surface area (TPSA) is 91.7 Å². The lowest BCUT2D eigenvalue weighted by atomic mass is 10.0. The summed E-state index contributed by atoms with van der Waals surface area (Å²) in [6.45, 7) is 0.474. The zero-order valence-electron chi connectivity index (χ0n) is 15.8. The highest BCUT2D eigenvalue weighted by Crippen LogP contribution is 2.21. The lowest BCUT2D eigenvalue weighted by Crippen LogP contribution is -2.51. The highest BCUT2D eigenvalue weighted by molar-refractivity contribution is 5.96. The maximum atomic E-state index is 12.5. The molecule has 0 radical (unpaired) electrons. The number of rotatable bonds is 4. The largest absolute Gasteiger partial charge is 0.459 e. The number of amides is 3. The molecule has 0 saturated carbocycles. The second-order valence-electron chi connectivity index (χ2n) is 6.99. The van der Waals surface area contributed by atoms with Crippen LogP contribution in [-0.4, -0.2) is 35.2 Å². The van der Waals surface area contributed by atoms with E-state index in [2.05, 4.69) is 10.9 Å². The summed E-state index contributed by atoms with van der Waals surface area (Å²) in [5, 5.41) is 2.06. The van der Waals surface area contributed by atoms with E-state index in [-0.39, 0.29) is 24.0 Å². The van der Waals surface area contributed by atoms with Gasteiger partial charge in [-0.1, -0.05) is 42.5 Å². The third-order valence-electron chi connectivity index (χ3n) is 5.10. The van der Waals surface area contributed by atoms with E-state index in [0.29, 0.717) is 19.4 Å². The van der Waals surface area contributed by atoms with E-state index in [0.717, 1.165) is 16.3 Å². The number of nitrogens with zero attached hydrogens (tertiary/aromatic N) is 1. The van der Waals surface area contributed by atoms with Crippen molar-refractivity contribution >= 4 is 28.5 Å². The van der Waals surface area contributed by atoms with Crippen LogP contribution in [0, 0.1) is 0 Å². The molecule has 4 rings (SSSR count). The van der Waals surface area contributed by atoms with E-state index < -0.39 is 11.9 Å². The van der Waals surface area contributed by atoms with Crippen molar-refractivity contribution in [3.8, 4) is 0 Å². The zero-order chi connectivity index (χ0) is 20.2. The van der Waals surface area contributed by atoms with Gasteiger partial charge in [-0.25, -0.2) is 0 Å². The fourth-order valence-corrected chi connectivity index (χ4v) is 3.70. The number of benzene rings is 2. The highest BCUT2D eigenvalue weighted by Gasteiger charge is 2.35. The van der Waals surface area contributed by atoms with E-state index in [1.807, 2.05) is 42.5 Å². The summed E-state index contributed by atoms with van der Waals surface area (Å²) in [6, 6.07) is 16.2. The van der Waals surface area contributed by atoms with Crippen molar-refractivity contribution in [1.82, 2.24) is 15.8 Å². The lowest BCUT2D eigenvalue weighted by molar-refractivity contribution is -0.130. The number of hydrogen-bond acceptors (Lipinski definition) is 4. The fraction of sp³-hybridized carbons (Fsp3) is 0.227. The van der Waals surface area contributed by atoms with Gasteiger partial charge >= 0.3 is 0 Å². The molecule has 148 valence electrons. The maximum absolute atomic E-state index is 12.5. The van der Waals surface area contributed by atoms with Crippen LogP contribution >= 0.6 is 0 Å². The summed E-state index contributed by atoms with van der Waals surface area (Å²) >= 11 is 0. The number of carbonyl (C=O) groups excluding carboxylic acids is 3. The van der Waals surface area contributed by atoms with Gasteiger partial charge in [0.1, 0.15) is 6.04 Å². The summed E-state index contributed by atoms with van der Waals surface area (Å²) in [4.78, 5) is 38.9. The van der Waals surface area contributed by atoms with Crippen LogP contribution in [0.15, 0.2) is 65.3 Å². The lowest BCUT2D eigenvalue weighted by Gasteiger charge is -2.23. The van der Waals surface area contributed by atoms with E-state index >= 15 is 0 Å². The minimum atomic E-state index is -0.634. The molecule has 7 nitrogen and oxygen atoms in total. The minimum absolute atomic E-state index is 0.140. The number of furan rings is 1. The normalized spacial score (nSPS) is 16.0. The van der Waals surface area contributed by atoms with Gasteiger partial charge in [0.05, 0.1) is 12.7 Å². The Bertz CT molecular complexity index is 1040. The van der Waals surface area contributed by atoms with Gasteiger partial charge in [0.25, 0.3) is 11.8 Å². The van der Waals surface area contributed by atoms with Gasteiger partial charge in [0.15, 0.2) is 5.76 Å². The smallest absolute Gasteiger partial charge is 0.290 e. The van der Waals surface area contributed by atoms with Crippen molar-refractivity contribution in [3.63, 3.8) is 0 Å². The molecule has 29 heavy (non-hydrogen) atoms. The predicted molar refractivity (Wildman–Crippen MR) is 107 cm³/mol. The molecule has 2 heterocycles. The molecule has 1 saturated heterocycles. The number of likely N-dealkylation sites (tertiary alicyclic amines) is 1. The first-order valence-electron chi connectivity index (χ1n) is 9.53. The van der Waals surface area contributed by atoms with Gasteiger partial charge in [-0.15, -0.1) is 0 Å². The standard InChI is InChI=1S/C22H21N3O4/c26-20(14-16-8-3-7-15-6-1-2-9-17(15)16)23-24-21(27)18-10-4-12-25(18)22(28)19-11-5-13-29-19/h1-3,5-9,11,13,18H,4,10,12,14H2,(H,23,26)(H,24,27)/t18-/m0/s1. The van der Waals surface area contributed by atoms with Gasteiger partial charge < -0.3 is 9.32 Å². The Morgan fingerprint density at radius 1 is 1.00 bits per heavy atom. The molecule has 1 aliphatic rings. The third kappa shape index (κ3) is 3.99. The number of carbonyl (C=O) groups is 3. The predicted octanol–water partition coefficient (Wildman–Crippen LogP) is 2.43. The Balaban J connectivity index is 1.36. The average Bonchev–Trinajstić information content (AvgIpc) is 3.44. The molecule has 2 N–H and O–H groups in total. The van der Waals surface area contributed by atoms with Crippen molar-refractivity contribution in [2.45, 2.75) is 25.3 Å². The van der Waals surface area contributed by atoms with Crippen molar-refractivity contribution in [3.05, 3.63) is 72.2 Å². The van der Waals surface area contributed by atoms with Crippen LogP contribution in [0.25, 0.3) is 10.8 Å². The summed E-state index contributed by atoms with van der Waals surface area (Å²) in [5.74, 6) is -0.857. The molecule has 7 heteroatoms. The first kappa shape index (κ1) is 18.7. The van der Waals surface area contributed by atoms with Crippen LogP contribution in [0.4, 0.5) is 0 Å². The second-order valence-corrected chi connectivity index (χ2v) is 6.99. The molecule has 3 amide bonds. The van der Waals surface area contributed by atoms with Gasteiger partial charge in [-0.3, -0.25) is 25.2 Å². The number of fused-ring (bicyclic) bond motifs is 1. The average molecular weight is 391 g/mol. The van der Waals surface area contributed by atoms with E-state index in [9.17, 15) is 14.4 Å². The van der Waals surface area contributed by atoms with Crippen LogP contribution < -0.4 is 10.9 Å². The Hall–Kier alpha value is -3.61. The quantitative estimate of drug-likeness (QED) is 0.668. The molecule has 1 atom stereocenters. The molecule has 0 spiro atoms. The molecule has 1 fully saturated rings. The molecule has 3 aromatic rings. The number of hydrogen-bond donors (Lipinski definition) is 2. The van der Waals surface area contributed by atoms with Crippen molar-refractivity contribution < 1.29 is 18.8 Å². The van der Waals surface area contributed by atoms with Gasteiger partial charge in [0, 0.05) is 6.54 Å². The van der Waals surface area contributed by atoms with Crippen molar-refractivity contribution in [1.29, 1.82) is 0 Å². The first-order chi connectivity index (χ1) is 14.1. The van der Waals surface area contributed by atoms with Crippen LogP contribution in [0.5, 0.6) is 0 Å². The van der Waals surface area contributed by atoms with E-state index in [4.69, 9.17) is 4.42 Å². The van der Waals surface area contributed by atoms with Crippen LogP contribution in [0.3, 0.4) is 0 Å². The molecule has 2 aromatic carbocycles. The van der Waals surface area contributed by atoms with Gasteiger partial charge in [0.2, 0.25) is 5.91 Å². The molecule has 1 aliphatic heterocycles. The maximum Gasteiger partial charge on any atom is 0.290 e. The zero-order valence-corrected chi connectivity index (χ0v) is 15.8. The fourth-order valence-electron chi connectivity index (χ4n) is 3.70. The van der Waals surface area contributed by atoms with E-state index in [1.54, 1.807) is 12.1 Å². The van der Waals surface area contributed by atoms with Crippen molar-refractivity contribution in [2.24, 2.45) is 0 Å². The summed E-state index contributed by atoms with van der Waals surface area (Å²) in [5.41, 5.74) is 5.81. The monoisotopic (exact) mass is 391 g/mol.